The number of nitrogens with zero attached hydrogens (tertiary/aromatic N) is 2. The van der Waals surface area contributed by atoms with Crippen LogP contribution in [0.15, 0.2) is 47.4 Å². The molecule has 1 aliphatic heterocycles. The number of anilines is 1. The first kappa shape index (κ1) is 15.5. The van der Waals surface area contributed by atoms with Gasteiger partial charge in [0.1, 0.15) is 5.82 Å². The lowest BCUT2D eigenvalue weighted by Gasteiger charge is -2.25. The van der Waals surface area contributed by atoms with E-state index in [0.717, 1.165) is 5.56 Å². The summed E-state index contributed by atoms with van der Waals surface area (Å²) in [6.45, 7) is 1.88. The van der Waals surface area contributed by atoms with Crippen LogP contribution in [0.25, 0.3) is 0 Å². The fourth-order valence-corrected chi connectivity index (χ4v) is 4.56. The monoisotopic (exact) mass is 330 g/mol. The normalized spacial score (nSPS) is 16.9. The third kappa shape index (κ3) is 2.68. The molecule has 0 spiro atoms. The Morgan fingerprint density at radius 1 is 1.26 bits per heavy atom. The number of nitriles is 1. The molecule has 3 rings (SSSR count). The van der Waals surface area contributed by atoms with Crippen LogP contribution >= 0.6 is 0 Å². The number of sulfonamides is 1. The van der Waals surface area contributed by atoms with E-state index in [1.54, 1.807) is 24.3 Å². The van der Waals surface area contributed by atoms with Crippen molar-refractivity contribution in [2.24, 2.45) is 0 Å². The molecule has 0 N–H and O–H groups in total. The van der Waals surface area contributed by atoms with Crippen molar-refractivity contribution in [2.75, 3.05) is 4.31 Å². The second kappa shape index (κ2) is 5.67. The molecular weight excluding hydrogens is 315 g/mol. The van der Waals surface area contributed by atoms with Crippen LogP contribution in [-0.4, -0.2) is 14.5 Å². The van der Waals surface area contributed by atoms with E-state index in [0.29, 0.717) is 17.7 Å². The highest BCUT2D eigenvalue weighted by Crippen LogP contribution is 2.38. The molecular formula is C17H15FN2O2S. The molecule has 118 valence electrons. The van der Waals surface area contributed by atoms with Crippen LogP contribution < -0.4 is 4.31 Å². The first-order valence-corrected chi connectivity index (χ1v) is 8.64. The molecule has 0 radical (unpaired) electrons. The Bertz CT molecular complexity index is 886. The maximum absolute atomic E-state index is 13.4. The van der Waals surface area contributed by atoms with Gasteiger partial charge in [0.15, 0.2) is 0 Å². The van der Waals surface area contributed by atoms with Gasteiger partial charge in [0.25, 0.3) is 10.0 Å². The molecule has 6 heteroatoms. The minimum atomic E-state index is -3.79. The smallest absolute Gasteiger partial charge is 0.262 e. The lowest BCUT2D eigenvalue weighted by atomic mass is 10.1. The summed E-state index contributed by atoms with van der Waals surface area (Å²) >= 11 is 0. The maximum atomic E-state index is 13.4. The molecule has 0 saturated heterocycles. The molecule has 0 saturated carbocycles. The first-order valence-electron chi connectivity index (χ1n) is 7.20. The molecule has 2 aromatic rings. The molecule has 23 heavy (non-hydrogen) atoms. The average Bonchev–Trinajstić information content (AvgIpc) is 2.85. The number of aryl methyl sites for hydroxylation is 1. The number of hydrogen-bond acceptors (Lipinski definition) is 3. The highest BCUT2D eigenvalue weighted by Gasteiger charge is 2.38. The van der Waals surface area contributed by atoms with Gasteiger partial charge in [-0.15, -0.1) is 0 Å². The standard InChI is InChI=1S/C17H15FN2O2S/c1-12-2-5-16(6-3-12)23(21,22)20-15(8-9-19)11-13-10-14(18)4-7-17(13)20/h2-7,10,15H,8,11H2,1H3. The summed E-state index contributed by atoms with van der Waals surface area (Å²) in [5, 5.41) is 9.01. The van der Waals surface area contributed by atoms with Gasteiger partial charge in [-0.05, 0) is 49.2 Å². The Balaban J connectivity index is 2.12. The van der Waals surface area contributed by atoms with Crippen LogP contribution in [0, 0.1) is 24.1 Å². The lowest BCUT2D eigenvalue weighted by molar-refractivity contribution is 0.580. The molecule has 1 heterocycles. The van der Waals surface area contributed by atoms with E-state index in [9.17, 15) is 12.8 Å². The topological polar surface area (TPSA) is 61.2 Å². The van der Waals surface area contributed by atoms with Gasteiger partial charge >= 0.3 is 0 Å². The van der Waals surface area contributed by atoms with Gasteiger partial charge in [0, 0.05) is 0 Å². The molecule has 1 unspecified atom stereocenters. The van der Waals surface area contributed by atoms with E-state index in [-0.39, 0.29) is 11.3 Å². The van der Waals surface area contributed by atoms with Gasteiger partial charge < -0.3 is 0 Å². The van der Waals surface area contributed by atoms with E-state index in [1.165, 1.54) is 22.5 Å². The summed E-state index contributed by atoms with van der Waals surface area (Å²) in [6.07, 6.45) is 0.396. The number of rotatable bonds is 3. The summed E-state index contributed by atoms with van der Waals surface area (Å²) in [5.74, 6) is -0.408. The minimum absolute atomic E-state index is 0.0569. The molecule has 0 aliphatic carbocycles. The van der Waals surface area contributed by atoms with E-state index in [1.807, 2.05) is 13.0 Å². The van der Waals surface area contributed by atoms with E-state index in [2.05, 4.69) is 0 Å². The molecule has 0 fully saturated rings. The van der Waals surface area contributed by atoms with Crippen LogP contribution in [0.3, 0.4) is 0 Å². The fraction of sp³-hybridized carbons (Fsp3) is 0.235. The molecule has 0 bridgehead atoms. The molecule has 1 aliphatic rings. The number of fused-ring (bicyclic) bond motifs is 1. The second-order valence-electron chi connectivity index (χ2n) is 5.61. The van der Waals surface area contributed by atoms with E-state index in [4.69, 9.17) is 5.26 Å². The lowest BCUT2D eigenvalue weighted by Crippen LogP contribution is -2.37. The van der Waals surface area contributed by atoms with Crippen LogP contribution in [-0.2, 0) is 16.4 Å². The van der Waals surface area contributed by atoms with Gasteiger partial charge in [-0.3, -0.25) is 4.31 Å². The van der Waals surface area contributed by atoms with E-state index < -0.39 is 21.9 Å². The predicted molar refractivity (Wildman–Crippen MR) is 85.0 cm³/mol. The number of benzene rings is 2. The van der Waals surface area contributed by atoms with Gasteiger partial charge in [-0.1, -0.05) is 17.7 Å². The van der Waals surface area contributed by atoms with Crippen molar-refractivity contribution >= 4 is 15.7 Å². The largest absolute Gasteiger partial charge is 0.264 e. The van der Waals surface area contributed by atoms with Crippen molar-refractivity contribution in [3.63, 3.8) is 0 Å². The third-order valence-electron chi connectivity index (χ3n) is 3.97. The summed E-state index contributed by atoms with van der Waals surface area (Å²) in [7, 11) is -3.79. The SMILES string of the molecule is Cc1ccc(S(=O)(=O)N2c3ccc(F)cc3CC2CC#N)cc1. The first-order chi connectivity index (χ1) is 10.9. The predicted octanol–water partition coefficient (Wildman–Crippen LogP) is 3.17. The second-order valence-corrected chi connectivity index (χ2v) is 7.42. The molecule has 0 amide bonds. The highest BCUT2D eigenvalue weighted by atomic mass is 32.2. The Morgan fingerprint density at radius 2 is 1.96 bits per heavy atom. The average molecular weight is 330 g/mol. The Morgan fingerprint density at radius 3 is 2.61 bits per heavy atom. The van der Waals surface area contributed by atoms with Crippen molar-refractivity contribution in [2.45, 2.75) is 30.7 Å². The molecule has 4 nitrogen and oxygen atoms in total. The summed E-state index contributed by atoms with van der Waals surface area (Å²) < 4.78 is 40.7. The maximum Gasteiger partial charge on any atom is 0.264 e. The Labute approximate surface area is 134 Å². The third-order valence-corrected chi connectivity index (χ3v) is 5.85. The van der Waals surface area contributed by atoms with Crippen LogP contribution in [0.2, 0.25) is 0 Å². The minimum Gasteiger partial charge on any atom is -0.262 e. The Hall–Kier alpha value is -2.39. The zero-order valence-electron chi connectivity index (χ0n) is 12.5. The molecule has 2 aromatic carbocycles. The molecule has 1 atom stereocenters. The Kier molecular flexibility index (Phi) is 3.82. The zero-order chi connectivity index (χ0) is 16.6. The van der Waals surface area contributed by atoms with Crippen molar-refractivity contribution in [1.82, 2.24) is 0 Å². The molecule has 0 aromatic heterocycles. The van der Waals surface area contributed by atoms with Gasteiger partial charge in [-0.25, -0.2) is 12.8 Å². The highest BCUT2D eigenvalue weighted by molar-refractivity contribution is 7.92. The van der Waals surface area contributed by atoms with Crippen LogP contribution in [0.1, 0.15) is 17.5 Å². The van der Waals surface area contributed by atoms with Crippen LogP contribution in [0.5, 0.6) is 0 Å². The van der Waals surface area contributed by atoms with Gasteiger partial charge in [0.05, 0.1) is 29.1 Å². The fourth-order valence-electron chi connectivity index (χ4n) is 2.88. The van der Waals surface area contributed by atoms with Gasteiger partial charge in [-0.2, -0.15) is 5.26 Å². The van der Waals surface area contributed by atoms with Crippen molar-refractivity contribution in [1.29, 1.82) is 5.26 Å². The quantitative estimate of drug-likeness (QED) is 0.868. The van der Waals surface area contributed by atoms with E-state index >= 15 is 0 Å². The summed E-state index contributed by atoms with van der Waals surface area (Å²) in [5.41, 5.74) is 2.02. The van der Waals surface area contributed by atoms with Crippen molar-refractivity contribution in [3.8, 4) is 6.07 Å². The summed E-state index contributed by atoms with van der Waals surface area (Å²) in [4.78, 5) is 0.170. The zero-order valence-corrected chi connectivity index (χ0v) is 13.3. The number of halogens is 1. The van der Waals surface area contributed by atoms with Crippen molar-refractivity contribution < 1.29 is 12.8 Å². The summed E-state index contributed by atoms with van der Waals surface area (Å²) in [6, 6.07) is 12.1. The van der Waals surface area contributed by atoms with Gasteiger partial charge in [0.2, 0.25) is 0 Å². The van der Waals surface area contributed by atoms with Crippen molar-refractivity contribution in [3.05, 3.63) is 59.4 Å². The van der Waals surface area contributed by atoms with Crippen LogP contribution in [0.4, 0.5) is 10.1 Å². The number of hydrogen-bond donors (Lipinski definition) is 0.